The summed E-state index contributed by atoms with van der Waals surface area (Å²) in [6.45, 7) is 3.76. The molecule has 2 aromatic carbocycles. The SMILES string of the molecule is Cc1ccc(CS(=O)(=O)Nc2ccc(Oc3cc(-n4cccc4)nc(C)n3)cc2)cc1. The van der Waals surface area contributed by atoms with Crippen molar-refractivity contribution < 1.29 is 13.2 Å². The van der Waals surface area contributed by atoms with Gasteiger partial charge in [0.15, 0.2) is 0 Å². The first-order valence-corrected chi connectivity index (χ1v) is 11.3. The molecule has 0 aliphatic carbocycles. The number of hydrogen-bond acceptors (Lipinski definition) is 5. The van der Waals surface area contributed by atoms with Crippen LogP contribution in [-0.4, -0.2) is 23.0 Å². The van der Waals surface area contributed by atoms with Crippen molar-refractivity contribution in [1.29, 1.82) is 0 Å². The van der Waals surface area contributed by atoms with Gasteiger partial charge in [0.05, 0.1) is 5.75 Å². The van der Waals surface area contributed by atoms with Crippen molar-refractivity contribution in [3.05, 3.63) is 96.1 Å². The lowest BCUT2D eigenvalue weighted by atomic mass is 10.2. The number of benzene rings is 2. The molecule has 31 heavy (non-hydrogen) atoms. The average Bonchev–Trinajstić information content (AvgIpc) is 3.25. The quantitative estimate of drug-likeness (QED) is 0.459. The zero-order chi connectivity index (χ0) is 21.8. The Balaban J connectivity index is 1.44. The smallest absolute Gasteiger partial charge is 0.236 e. The van der Waals surface area contributed by atoms with E-state index in [0.29, 0.717) is 29.0 Å². The van der Waals surface area contributed by atoms with Gasteiger partial charge >= 0.3 is 0 Å². The third-order valence-electron chi connectivity index (χ3n) is 4.50. The Morgan fingerprint density at radius 2 is 1.61 bits per heavy atom. The van der Waals surface area contributed by atoms with E-state index in [1.165, 1.54) is 0 Å². The van der Waals surface area contributed by atoms with Crippen LogP contribution in [0.15, 0.2) is 79.1 Å². The van der Waals surface area contributed by atoms with Crippen molar-refractivity contribution in [3.63, 3.8) is 0 Å². The van der Waals surface area contributed by atoms with Gasteiger partial charge in [-0.05, 0) is 55.8 Å². The average molecular weight is 435 g/mol. The second-order valence-corrected chi connectivity index (χ2v) is 8.90. The fourth-order valence-electron chi connectivity index (χ4n) is 3.03. The van der Waals surface area contributed by atoms with Crippen LogP contribution in [0.3, 0.4) is 0 Å². The number of nitrogens with zero attached hydrogens (tertiary/aromatic N) is 3. The summed E-state index contributed by atoms with van der Waals surface area (Å²) in [7, 11) is -3.52. The molecule has 8 heteroatoms. The predicted molar refractivity (Wildman–Crippen MR) is 120 cm³/mol. The van der Waals surface area contributed by atoms with Crippen LogP contribution in [0.25, 0.3) is 5.82 Å². The number of anilines is 1. The minimum absolute atomic E-state index is 0.0894. The number of rotatable bonds is 7. The minimum Gasteiger partial charge on any atom is -0.439 e. The highest BCUT2D eigenvalue weighted by Crippen LogP contribution is 2.24. The van der Waals surface area contributed by atoms with E-state index in [9.17, 15) is 8.42 Å². The third kappa shape index (κ3) is 5.49. The molecule has 0 saturated heterocycles. The van der Waals surface area contributed by atoms with Crippen molar-refractivity contribution >= 4 is 15.7 Å². The molecule has 0 aliphatic rings. The predicted octanol–water partition coefficient (Wildman–Crippen LogP) is 4.62. The van der Waals surface area contributed by atoms with Crippen LogP contribution >= 0.6 is 0 Å². The molecule has 0 unspecified atom stereocenters. The molecule has 7 nitrogen and oxygen atoms in total. The van der Waals surface area contributed by atoms with E-state index >= 15 is 0 Å². The van der Waals surface area contributed by atoms with Crippen molar-refractivity contribution in [2.24, 2.45) is 0 Å². The Labute approximate surface area is 181 Å². The molecule has 0 saturated carbocycles. The molecule has 0 radical (unpaired) electrons. The van der Waals surface area contributed by atoms with Crippen LogP contribution in [0.2, 0.25) is 0 Å². The first kappa shape index (κ1) is 20.6. The third-order valence-corrected chi connectivity index (χ3v) is 5.76. The van der Waals surface area contributed by atoms with E-state index < -0.39 is 10.0 Å². The summed E-state index contributed by atoms with van der Waals surface area (Å²) in [5, 5.41) is 0. The maximum absolute atomic E-state index is 12.5. The molecule has 4 rings (SSSR count). The standard InChI is InChI=1S/C23H22N4O3S/c1-17-5-7-19(8-6-17)16-31(28,29)26-20-9-11-21(12-10-20)30-23-15-22(24-18(2)25-23)27-13-3-4-14-27/h3-15,26H,16H2,1-2H3. The van der Waals surface area contributed by atoms with Gasteiger partial charge in [-0.1, -0.05) is 29.8 Å². The summed E-state index contributed by atoms with van der Waals surface area (Å²) in [6.07, 6.45) is 3.78. The molecule has 158 valence electrons. The number of ether oxygens (including phenoxy) is 1. The lowest BCUT2D eigenvalue weighted by Gasteiger charge is -2.11. The molecule has 4 aromatic rings. The van der Waals surface area contributed by atoms with Crippen molar-refractivity contribution in [2.75, 3.05) is 4.72 Å². The highest BCUT2D eigenvalue weighted by atomic mass is 32.2. The normalized spacial score (nSPS) is 11.3. The first-order chi connectivity index (χ1) is 14.9. The van der Waals surface area contributed by atoms with Gasteiger partial charge in [0.25, 0.3) is 0 Å². The van der Waals surface area contributed by atoms with Crippen LogP contribution in [-0.2, 0) is 15.8 Å². The zero-order valence-corrected chi connectivity index (χ0v) is 18.0. The van der Waals surface area contributed by atoms with E-state index in [-0.39, 0.29) is 5.75 Å². The lowest BCUT2D eigenvalue weighted by Crippen LogP contribution is -2.15. The second kappa shape index (κ2) is 8.61. The van der Waals surface area contributed by atoms with E-state index in [2.05, 4.69) is 14.7 Å². The van der Waals surface area contributed by atoms with E-state index in [1.807, 2.05) is 60.3 Å². The number of aryl methyl sites for hydroxylation is 2. The summed E-state index contributed by atoms with van der Waals surface area (Å²) in [6, 6.07) is 19.7. The molecule has 1 N–H and O–H groups in total. The lowest BCUT2D eigenvalue weighted by molar-refractivity contribution is 0.459. The van der Waals surface area contributed by atoms with E-state index in [1.54, 1.807) is 37.3 Å². The summed E-state index contributed by atoms with van der Waals surface area (Å²) >= 11 is 0. The monoisotopic (exact) mass is 434 g/mol. The van der Waals surface area contributed by atoms with Gasteiger partial charge < -0.3 is 9.30 Å². The largest absolute Gasteiger partial charge is 0.439 e. The van der Waals surface area contributed by atoms with Gasteiger partial charge in [0.1, 0.15) is 17.4 Å². The minimum atomic E-state index is -3.52. The maximum Gasteiger partial charge on any atom is 0.236 e. The Morgan fingerprint density at radius 1 is 0.935 bits per heavy atom. The Morgan fingerprint density at radius 3 is 2.29 bits per heavy atom. The molecular weight excluding hydrogens is 412 g/mol. The van der Waals surface area contributed by atoms with Crippen molar-refractivity contribution in [2.45, 2.75) is 19.6 Å². The summed E-state index contributed by atoms with van der Waals surface area (Å²) in [5.41, 5.74) is 2.28. The van der Waals surface area contributed by atoms with Gasteiger partial charge in [-0.25, -0.2) is 13.4 Å². The van der Waals surface area contributed by atoms with Crippen LogP contribution in [0.5, 0.6) is 11.6 Å². The molecular formula is C23H22N4O3S. The second-order valence-electron chi connectivity index (χ2n) is 7.18. The number of sulfonamides is 1. The van der Waals surface area contributed by atoms with Gasteiger partial charge in [-0.3, -0.25) is 4.72 Å². The summed E-state index contributed by atoms with van der Waals surface area (Å²) in [4.78, 5) is 8.72. The van der Waals surface area contributed by atoms with Crippen LogP contribution in [0, 0.1) is 13.8 Å². The molecule has 0 aliphatic heterocycles. The maximum atomic E-state index is 12.5. The molecule has 0 amide bonds. The van der Waals surface area contributed by atoms with Gasteiger partial charge in [-0.2, -0.15) is 4.98 Å². The Kier molecular flexibility index (Phi) is 5.73. The highest BCUT2D eigenvalue weighted by molar-refractivity contribution is 7.91. The fraction of sp³-hybridized carbons (Fsp3) is 0.130. The van der Waals surface area contributed by atoms with Gasteiger partial charge in [0.2, 0.25) is 15.9 Å². The molecule has 0 atom stereocenters. The molecule has 2 heterocycles. The molecule has 2 aromatic heterocycles. The molecule has 0 bridgehead atoms. The molecule has 0 spiro atoms. The Bertz CT molecular complexity index is 1270. The Hall–Kier alpha value is -3.65. The van der Waals surface area contributed by atoms with Gasteiger partial charge in [-0.15, -0.1) is 0 Å². The highest BCUT2D eigenvalue weighted by Gasteiger charge is 2.12. The van der Waals surface area contributed by atoms with E-state index in [4.69, 9.17) is 4.74 Å². The van der Waals surface area contributed by atoms with Crippen molar-refractivity contribution in [1.82, 2.24) is 14.5 Å². The zero-order valence-electron chi connectivity index (χ0n) is 17.2. The van der Waals surface area contributed by atoms with Gasteiger partial charge in [0, 0.05) is 24.1 Å². The number of aromatic nitrogens is 3. The topological polar surface area (TPSA) is 86.1 Å². The van der Waals surface area contributed by atoms with Crippen molar-refractivity contribution in [3.8, 4) is 17.4 Å². The van der Waals surface area contributed by atoms with Crippen LogP contribution in [0.1, 0.15) is 17.0 Å². The van der Waals surface area contributed by atoms with E-state index in [0.717, 1.165) is 11.1 Å². The fourth-order valence-corrected chi connectivity index (χ4v) is 4.23. The first-order valence-electron chi connectivity index (χ1n) is 9.69. The molecule has 0 fully saturated rings. The summed E-state index contributed by atoms with van der Waals surface area (Å²) < 4.78 is 35.2. The van der Waals surface area contributed by atoms with Crippen LogP contribution in [0.4, 0.5) is 5.69 Å². The number of hydrogen-bond donors (Lipinski definition) is 1. The summed E-state index contributed by atoms with van der Waals surface area (Å²) in [5.74, 6) is 2.14. The number of nitrogens with one attached hydrogen (secondary N) is 1. The van der Waals surface area contributed by atoms with Crippen LogP contribution < -0.4 is 9.46 Å².